The number of imidazole rings is 1. The lowest BCUT2D eigenvalue weighted by atomic mass is 10.1. The van der Waals surface area contributed by atoms with Gasteiger partial charge >= 0.3 is 0 Å². The molecule has 1 aromatic heterocycles. The van der Waals surface area contributed by atoms with E-state index in [2.05, 4.69) is 10.1 Å². The molecule has 2 N–H and O–H groups in total. The van der Waals surface area contributed by atoms with Gasteiger partial charge in [-0.2, -0.15) is 5.10 Å². The first-order valence-corrected chi connectivity index (χ1v) is 6.82. The summed E-state index contributed by atoms with van der Waals surface area (Å²) in [6, 6.07) is 4.52. The predicted octanol–water partition coefficient (Wildman–Crippen LogP) is 2.72. The van der Waals surface area contributed by atoms with Crippen molar-refractivity contribution in [2.75, 3.05) is 12.3 Å². The first-order valence-electron chi connectivity index (χ1n) is 6.82. The lowest BCUT2D eigenvalue weighted by Crippen LogP contribution is -2.01. The van der Waals surface area contributed by atoms with Crippen LogP contribution in [0.3, 0.4) is 0 Å². The van der Waals surface area contributed by atoms with Crippen molar-refractivity contribution in [2.24, 2.45) is 5.10 Å². The quantitative estimate of drug-likeness (QED) is 0.657. The van der Waals surface area contributed by atoms with E-state index in [1.807, 2.05) is 13.8 Å². The molecule has 1 aromatic carbocycles. The fraction of sp³-hybridized carbons (Fsp3) is 0.333. The van der Waals surface area contributed by atoms with Crippen LogP contribution in [0.15, 0.2) is 29.5 Å². The van der Waals surface area contributed by atoms with E-state index in [9.17, 15) is 4.39 Å². The molecule has 6 heteroatoms. The maximum atomic E-state index is 13.4. The van der Waals surface area contributed by atoms with E-state index in [0.717, 1.165) is 23.2 Å². The van der Waals surface area contributed by atoms with Crippen LogP contribution in [-0.4, -0.2) is 22.5 Å². The fourth-order valence-corrected chi connectivity index (χ4v) is 1.87. The number of nitrogens with two attached hydrogens (primary N) is 1. The molecule has 0 aliphatic carbocycles. The number of halogens is 1. The summed E-state index contributed by atoms with van der Waals surface area (Å²) in [5, 5.41) is 4.24. The van der Waals surface area contributed by atoms with Crippen LogP contribution in [0.5, 0.6) is 0 Å². The first kappa shape index (κ1) is 15.2. The molecule has 112 valence electrons. The minimum Gasteiger partial charge on any atom is -0.377 e. The van der Waals surface area contributed by atoms with Gasteiger partial charge in [-0.1, -0.05) is 13.0 Å². The van der Waals surface area contributed by atoms with Gasteiger partial charge in [-0.05, 0) is 31.0 Å². The van der Waals surface area contributed by atoms with Gasteiger partial charge in [0.15, 0.2) is 0 Å². The van der Waals surface area contributed by atoms with Crippen molar-refractivity contribution in [2.45, 2.75) is 26.9 Å². The summed E-state index contributed by atoms with van der Waals surface area (Å²) in [5.74, 6) is 0.0230. The predicted molar refractivity (Wildman–Crippen MR) is 80.7 cm³/mol. The Balaban J connectivity index is 2.20. The highest BCUT2D eigenvalue weighted by Crippen LogP contribution is 2.12. The Bertz CT molecular complexity index is 637. The fourth-order valence-electron chi connectivity index (χ4n) is 1.87. The number of ether oxygens (including phenoxy) is 1. The third-order valence-corrected chi connectivity index (χ3v) is 2.87. The molecule has 0 saturated carbocycles. The SMILES string of the molecule is CCCOCc1cc(F)ccc1C=Nn1cc(C)nc1N. The maximum Gasteiger partial charge on any atom is 0.221 e. The molecule has 0 amide bonds. The highest BCUT2D eigenvalue weighted by molar-refractivity contribution is 5.81. The molecule has 21 heavy (non-hydrogen) atoms. The molecule has 5 nitrogen and oxygen atoms in total. The van der Waals surface area contributed by atoms with Gasteiger partial charge in [0.05, 0.1) is 24.7 Å². The number of anilines is 1. The Hall–Kier alpha value is -2.21. The van der Waals surface area contributed by atoms with Crippen molar-refractivity contribution in [3.05, 3.63) is 47.0 Å². The minimum atomic E-state index is -0.291. The summed E-state index contributed by atoms with van der Waals surface area (Å²) in [6.07, 6.45) is 4.27. The van der Waals surface area contributed by atoms with Crippen molar-refractivity contribution >= 4 is 12.2 Å². The lowest BCUT2D eigenvalue weighted by molar-refractivity contribution is 0.121. The van der Waals surface area contributed by atoms with Crippen LogP contribution in [0, 0.1) is 12.7 Å². The Labute approximate surface area is 123 Å². The number of rotatable bonds is 6. The largest absolute Gasteiger partial charge is 0.377 e. The van der Waals surface area contributed by atoms with Gasteiger partial charge in [-0.3, -0.25) is 0 Å². The Morgan fingerprint density at radius 1 is 1.48 bits per heavy atom. The summed E-state index contributed by atoms with van der Waals surface area (Å²) in [7, 11) is 0. The monoisotopic (exact) mass is 290 g/mol. The molecular formula is C15H19FN4O. The zero-order valence-corrected chi connectivity index (χ0v) is 12.2. The minimum absolute atomic E-state index is 0.291. The second-order valence-electron chi connectivity index (χ2n) is 4.73. The first-order chi connectivity index (χ1) is 10.1. The highest BCUT2D eigenvalue weighted by Gasteiger charge is 2.04. The van der Waals surface area contributed by atoms with Gasteiger partial charge in [0.2, 0.25) is 5.95 Å². The van der Waals surface area contributed by atoms with Gasteiger partial charge < -0.3 is 10.5 Å². The number of hydrogen-bond acceptors (Lipinski definition) is 4. The van der Waals surface area contributed by atoms with Crippen molar-refractivity contribution < 1.29 is 9.13 Å². The second-order valence-corrected chi connectivity index (χ2v) is 4.73. The van der Waals surface area contributed by atoms with Crippen LogP contribution in [0.1, 0.15) is 30.2 Å². The molecule has 0 aliphatic rings. The van der Waals surface area contributed by atoms with E-state index in [-0.39, 0.29) is 5.82 Å². The van der Waals surface area contributed by atoms with Crippen LogP contribution in [0.4, 0.5) is 10.3 Å². The summed E-state index contributed by atoms with van der Waals surface area (Å²) in [5.41, 5.74) is 8.05. The van der Waals surface area contributed by atoms with Gasteiger partial charge in [0, 0.05) is 12.2 Å². The van der Waals surface area contributed by atoms with E-state index in [1.54, 1.807) is 18.5 Å². The van der Waals surface area contributed by atoms with Crippen LogP contribution >= 0.6 is 0 Å². The topological polar surface area (TPSA) is 65.4 Å². The van der Waals surface area contributed by atoms with E-state index in [1.165, 1.54) is 16.8 Å². The number of nitrogen functional groups attached to an aromatic ring is 1. The third kappa shape index (κ3) is 4.13. The average molecular weight is 290 g/mol. The lowest BCUT2D eigenvalue weighted by Gasteiger charge is -2.07. The molecule has 0 bridgehead atoms. The number of aryl methyl sites for hydroxylation is 1. The van der Waals surface area contributed by atoms with Crippen LogP contribution < -0.4 is 5.73 Å². The van der Waals surface area contributed by atoms with E-state index < -0.39 is 0 Å². The van der Waals surface area contributed by atoms with Crippen LogP contribution in [0.25, 0.3) is 0 Å². The van der Waals surface area contributed by atoms with Crippen molar-refractivity contribution in [1.29, 1.82) is 0 Å². The van der Waals surface area contributed by atoms with E-state index in [0.29, 0.717) is 19.2 Å². The second kappa shape index (κ2) is 6.99. The molecular weight excluding hydrogens is 271 g/mol. The molecule has 0 unspecified atom stereocenters. The molecule has 2 aromatic rings. The molecule has 0 saturated heterocycles. The molecule has 2 rings (SSSR count). The average Bonchev–Trinajstić information content (AvgIpc) is 2.76. The number of benzene rings is 1. The molecule has 0 aliphatic heterocycles. The molecule has 0 spiro atoms. The van der Waals surface area contributed by atoms with Crippen molar-refractivity contribution in [1.82, 2.24) is 9.66 Å². The van der Waals surface area contributed by atoms with Crippen LogP contribution in [0.2, 0.25) is 0 Å². The smallest absolute Gasteiger partial charge is 0.221 e. The van der Waals surface area contributed by atoms with E-state index >= 15 is 0 Å². The van der Waals surface area contributed by atoms with Crippen molar-refractivity contribution in [3.8, 4) is 0 Å². The highest BCUT2D eigenvalue weighted by atomic mass is 19.1. The molecule has 1 heterocycles. The molecule has 0 fully saturated rings. The number of nitrogens with zero attached hydrogens (tertiary/aromatic N) is 3. The van der Waals surface area contributed by atoms with E-state index in [4.69, 9.17) is 10.5 Å². The van der Waals surface area contributed by atoms with Gasteiger partial charge in [-0.15, -0.1) is 0 Å². The van der Waals surface area contributed by atoms with Gasteiger partial charge in [0.25, 0.3) is 0 Å². The summed E-state index contributed by atoms with van der Waals surface area (Å²) in [6.45, 7) is 4.86. The van der Waals surface area contributed by atoms with Crippen molar-refractivity contribution in [3.63, 3.8) is 0 Å². The Kier molecular flexibility index (Phi) is 5.05. The summed E-state index contributed by atoms with van der Waals surface area (Å²) >= 11 is 0. The Morgan fingerprint density at radius 2 is 2.29 bits per heavy atom. The maximum absolute atomic E-state index is 13.4. The molecule has 0 radical (unpaired) electrons. The standard InChI is InChI=1S/C15H19FN4O/c1-3-6-21-10-13-7-14(16)5-4-12(13)8-18-20-9-11(2)19-15(20)17/h4-5,7-9H,3,6,10H2,1-2H3,(H2,17,19). The van der Waals surface area contributed by atoms with Crippen LogP contribution in [-0.2, 0) is 11.3 Å². The third-order valence-electron chi connectivity index (χ3n) is 2.87. The number of aromatic nitrogens is 2. The summed E-state index contributed by atoms with van der Waals surface area (Å²) in [4.78, 5) is 4.06. The zero-order chi connectivity index (χ0) is 15.2. The molecule has 0 atom stereocenters. The normalized spacial score (nSPS) is 11.4. The summed E-state index contributed by atoms with van der Waals surface area (Å²) < 4.78 is 20.3. The zero-order valence-electron chi connectivity index (χ0n) is 12.2. The Morgan fingerprint density at radius 3 is 2.95 bits per heavy atom. The van der Waals surface area contributed by atoms with Gasteiger partial charge in [-0.25, -0.2) is 14.1 Å². The van der Waals surface area contributed by atoms with Gasteiger partial charge in [0.1, 0.15) is 5.82 Å². The number of hydrogen-bond donors (Lipinski definition) is 1.